The number of nitrogens with zero attached hydrogens (tertiary/aromatic N) is 4. The van der Waals surface area contributed by atoms with Crippen molar-refractivity contribution in [3.05, 3.63) is 6.33 Å². The van der Waals surface area contributed by atoms with Crippen molar-refractivity contribution < 1.29 is 31.5 Å². The molecule has 0 fully saturated rings. The van der Waals surface area contributed by atoms with Gasteiger partial charge < -0.3 is 29.8 Å². The minimum absolute atomic E-state index is 0.0212. The second kappa shape index (κ2) is 8.82. The number of hydrogen-bond donors (Lipinski definition) is 2. The first-order chi connectivity index (χ1) is 13.3. The zero-order valence-corrected chi connectivity index (χ0v) is 17.3. The molecule has 1 atom stereocenters. The van der Waals surface area contributed by atoms with Crippen LogP contribution in [0.1, 0.15) is 27.7 Å². The van der Waals surface area contributed by atoms with Crippen molar-refractivity contribution in [2.75, 3.05) is 17.8 Å². The average Bonchev–Trinajstić information content (AvgIpc) is 2.91. The van der Waals surface area contributed by atoms with Crippen molar-refractivity contribution in [2.24, 2.45) is 0 Å². The predicted molar refractivity (Wildman–Crippen MR) is 100.0 cm³/mol. The number of nitrogen functional groups attached to an aromatic ring is 2. The van der Waals surface area contributed by atoms with Gasteiger partial charge in [-0.3, -0.25) is 4.57 Å². The molecule has 0 amide bonds. The first-order valence-corrected chi connectivity index (χ1v) is 10.4. The van der Waals surface area contributed by atoms with Crippen LogP contribution in [0.2, 0.25) is 0 Å². The Kier molecular flexibility index (Phi) is 7.10. The van der Waals surface area contributed by atoms with E-state index in [0.29, 0.717) is 0 Å². The van der Waals surface area contributed by atoms with Crippen LogP contribution in [0.15, 0.2) is 6.33 Å². The molecule has 2 aromatic heterocycles. The van der Waals surface area contributed by atoms with Gasteiger partial charge in [-0.2, -0.15) is 23.1 Å². The van der Waals surface area contributed by atoms with Crippen LogP contribution in [0.25, 0.3) is 11.2 Å². The quantitative estimate of drug-likeness (QED) is 0.563. The van der Waals surface area contributed by atoms with E-state index < -0.39 is 45.0 Å². The number of halogens is 3. The van der Waals surface area contributed by atoms with Crippen molar-refractivity contribution in [3.8, 4) is 0 Å². The fraction of sp³-hybridized carbons (Fsp3) is 0.667. The van der Waals surface area contributed by atoms with Gasteiger partial charge in [0.05, 0.1) is 25.1 Å². The Morgan fingerprint density at radius 2 is 1.72 bits per heavy atom. The molecule has 29 heavy (non-hydrogen) atoms. The smallest absolute Gasteiger partial charge is 0.382 e. The van der Waals surface area contributed by atoms with E-state index in [1.807, 2.05) is 0 Å². The lowest BCUT2D eigenvalue weighted by molar-refractivity contribution is -0.219. The highest BCUT2D eigenvalue weighted by Crippen LogP contribution is 2.51. The van der Waals surface area contributed by atoms with Crippen LogP contribution in [0.3, 0.4) is 0 Å². The minimum atomic E-state index is -4.78. The van der Waals surface area contributed by atoms with E-state index >= 15 is 0 Å². The largest absolute Gasteiger partial charge is 0.416 e. The third-order valence-corrected chi connectivity index (χ3v) is 5.36. The highest BCUT2D eigenvalue weighted by Gasteiger charge is 2.43. The summed E-state index contributed by atoms with van der Waals surface area (Å²) in [6, 6.07) is 0. The van der Waals surface area contributed by atoms with Crippen LogP contribution in [-0.4, -0.2) is 50.4 Å². The fourth-order valence-electron chi connectivity index (χ4n) is 2.46. The van der Waals surface area contributed by atoms with Gasteiger partial charge in [-0.05, 0) is 27.7 Å². The van der Waals surface area contributed by atoms with E-state index in [-0.39, 0.29) is 22.9 Å². The summed E-state index contributed by atoms with van der Waals surface area (Å²) in [6.45, 7) is 5.63. The number of fused-ring (bicyclic) bond motifs is 1. The van der Waals surface area contributed by atoms with Crippen LogP contribution in [-0.2, 0) is 24.9 Å². The Hall–Kier alpha value is -1.95. The Labute approximate surface area is 165 Å². The van der Waals surface area contributed by atoms with Gasteiger partial charge in [0, 0.05) is 0 Å². The number of ether oxygens (including phenoxy) is 1. The Morgan fingerprint density at radius 3 is 2.24 bits per heavy atom. The van der Waals surface area contributed by atoms with Crippen molar-refractivity contribution in [3.63, 3.8) is 0 Å². The molecule has 164 valence electrons. The van der Waals surface area contributed by atoms with E-state index in [2.05, 4.69) is 15.0 Å². The van der Waals surface area contributed by atoms with E-state index in [1.165, 1.54) is 0 Å². The highest BCUT2D eigenvalue weighted by atomic mass is 31.2. The van der Waals surface area contributed by atoms with Crippen LogP contribution < -0.4 is 11.5 Å². The maximum absolute atomic E-state index is 13.6. The molecule has 0 aliphatic carbocycles. The molecule has 0 saturated heterocycles. The fourth-order valence-corrected chi connectivity index (χ4v) is 4.27. The summed E-state index contributed by atoms with van der Waals surface area (Å²) in [5, 5.41) is 0. The summed E-state index contributed by atoms with van der Waals surface area (Å²) in [5.41, 5.74) is 11.3. The van der Waals surface area contributed by atoms with Gasteiger partial charge in [-0.15, -0.1) is 0 Å². The molecule has 0 spiro atoms. The third kappa shape index (κ3) is 6.26. The normalized spacial score (nSPS) is 14.2. The van der Waals surface area contributed by atoms with Gasteiger partial charge in [0.1, 0.15) is 11.9 Å². The number of alkyl halides is 3. The molecule has 0 saturated carbocycles. The number of nitrogens with two attached hydrogens (primary N) is 2. The van der Waals surface area contributed by atoms with Gasteiger partial charge in [-0.1, -0.05) is 0 Å². The summed E-state index contributed by atoms with van der Waals surface area (Å²) in [6.07, 6.45) is -7.94. The molecule has 2 rings (SSSR count). The van der Waals surface area contributed by atoms with Crippen molar-refractivity contribution in [2.45, 2.75) is 58.7 Å². The summed E-state index contributed by atoms with van der Waals surface area (Å²) >= 11 is 0. The molecular formula is C15H24F3N6O4P. The molecule has 0 bridgehead atoms. The highest BCUT2D eigenvalue weighted by molar-refractivity contribution is 7.53. The molecule has 0 aliphatic heterocycles. The van der Waals surface area contributed by atoms with Gasteiger partial charge in [0.2, 0.25) is 5.95 Å². The molecule has 0 radical (unpaired) electrons. The monoisotopic (exact) mass is 440 g/mol. The zero-order valence-electron chi connectivity index (χ0n) is 16.4. The average molecular weight is 440 g/mol. The van der Waals surface area contributed by atoms with Crippen LogP contribution >= 0.6 is 7.60 Å². The topological polar surface area (TPSA) is 140 Å². The van der Waals surface area contributed by atoms with Crippen LogP contribution in [0.5, 0.6) is 0 Å². The first kappa shape index (κ1) is 23.3. The second-order valence-electron chi connectivity index (χ2n) is 6.78. The maximum atomic E-state index is 13.6. The number of aromatic nitrogens is 4. The summed E-state index contributed by atoms with van der Waals surface area (Å²) in [4.78, 5) is 11.5. The number of imidazole rings is 1. The third-order valence-electron chi connectivity index (χ3n) is 3.41. The zero-order chi connectivity index (χ0) is 22.0. The molecule has 2 aromatic rings. The predicted octanol–water partition coefficient (Wildman–Crippen LogP) is 2.94. The lowest BCUT2D eigenvalue weighted by Gasteiger charge is -2.26. The van der Waals surface area contributed by atoms with Crippen molar-refractivity contribution in [1.82, 2.24) is 19.5 Å². The lowest BCUT2D eigenvalue weighted by atomic mass is 10.3. The Bertz CT molecular complexity index is 875. The standard InChI is InChI=1S/C15H24F3N6O4P/c1-8(2)27-29(25,28-9(3)4)7-26-10(15(16,17)18)5-24-6-21-11-12(19)22-14(20)23-13(11)24/h6,8-10H,5,7H2,1-4H3,(H4,19,20,22,23). The minimum Gasteiger partial charge on any atom is -0.382 e. The number of rotatable bonds is 9. The molecule has 0 aliphatic rings. The molecule has 10 nitrogen and oxygen atoms in total. The van der Waals surface area contributed by atoms with E-state index in [4.69, 9.17) is 25.3 Å². The van der Waals surface area contributed by atoms with Crippen molar-refractivity contribution in [1.29, 1.82) is 0 Å². The SMILES string of the molecule is CC(C)OP(=O)(COC(Cn1cnc2c(N)nc(N)nc21)C(F)(F)F)OC(C)C. The van der Waals surface area contributed by atoms with Gasteiger partial charge in [0.25, 0.3) is 0 Å². The summed E-state index contributed by atoms with van der Waals surface area (Å²) < 4.78 is 69.9. The van der Waals surface area contributed by atoms with Crippen LogP contribution in [0, 0.1) is 0 Å². The van der Waals surface area contributed by atoms with E-state index in [0.717, 1.165) is 10.9 Å². The lowest BCUT2D eigenvalue weighted by Crippen LogP contribution is -2.36. The second-order valence-corrected chi connectivity index (χ2v) is 8.68. The molecular weight excluding hydrogens is 416 g/mol. The van der Waals surface area contributed by atoms with Crippen molar-refractivity contribution >= 4 is 30.5 Å². The van der Waals surface area contributed by atoms with Gasteiger partial charge in [0.15, 0.2) is 17.6 Å². The molecule has 14 heteroatoms. The summed E-state index contributed by atoms with van der Waals surface area (Å²) in [5.74, 6) is -0.266. The Balaban J connectivity index is 2.26. The number of hydrogen-bond acceptors (Lipinski definition) is 9. The first-order valence-electron chi connectivity index (χ1n) is 8.68. The van der Waals surface area contributed by atoms with Gasteiger partial charge in [-0.25, -0.2) is 4.98 Å². The molecule has 0 aromatic carbocycles. The number of anilines is 2. The van der Waals surface area contributed by atoms with Crippen LogP contribution in [0.4, 0.5) is 24.9 Å². The molecule has 2 heterocycles. The van der Waals surface area contributed by atoms with E-state index in [1.54, 1.807) is 27.7 Å². The van der Waals surface area contributed by atoms with Gasteiger partial charge >= 0.3 is 13.8 Å². The maximum Gasteiger partial charge on any atom is 0.416 e. The Morgan fingerprint density at radius 1 is 1.14 bits per heavy atom. The molecule has 4 N–H and O–H groups in total. The molecule has 1 unspecified atom stereocenters. The summed E-state index contributed by atoms with van der Waals surface area (Å²) in [7, 11) is -3.92. The van der Waals surface area contributed by atoms with E-state index in [9.17, 15) is 17.7 Å².